The smallest absolute Gasteiger partial charge is 0.323 e. The van der Waals surface area contributed by atoms with Crippen LogP contribution >= 0.6 is 0 Å². The molecule has 12 heavy (non-hydrogen) atoms. The summed E-state index contributed by atoms with van der Waals surface area (Å²) in [6, 6.07) is 0. The highest BCUT2D eigenvalue weighted by atomic mass is 16.4. The summed E-state index contributed by atoms with van der Waals surface area (Å²) in [5.41, 5.74) is 4.36. The Morgan fingerprint density at radius 1 is 1.58 bits per heavy atom. The Morgan fingerprint density at radius 2 is 2.17 bits per heavy atom. The third kappa shape index (κ3) is 4.36. The first-order chi connectivity index (χ1) is 5.50. The molecular formula is C7H16BNO3. The van der Waals surface area contributed by atoms with Crippen molar-refractivity contribution in [1.29, 1.82) is 0 Å². The summed E-state index contributed by atoms with van der Waals surface area (Å²) in [6.07, 6.45) is 2.76. The standard InChI is InChI=1S/C7H16BNO3/c1-7(9,6(10)11)4-2-3-5-8-12/h8,12H,2-5,9H2,1H3,(H,10,11). The Bertz CT molecular complexity index is 150. The van der Waals surface area contributed by atoms with Gasteiger partial charge in [0.2, 0.25) is 0 Å². The van der Waals surface area contributed by atoms with Crippen molar-refractivity contribution in [3.8, 4) is 0 Å². The number of unbranched alkanes of at least 4 members (excludes halogenated alkanes) is 1. The first-order valence-corrected chi connectivity index (χ1v) is 4.14. The van der Waals surface area contributed by atoms with E-state index in [-0.39, 0.29) is 7.48 Å². The maximum absolute atomic E-state index is 10.5. The van der Waals surface area contributed by atoms with Gasteiger partial charge in [-0.3, -0.25) is 4.79 Å². The van der Waals surface area contributed by atoms with Crippen LogP contribution in [-0.2, 0) is 4.79 Å². The molecule has 0 aromatic heterocycles. The van der Waals surface area contributed by atoms with Crippen molar-refractivity contribution in [3.05, 3.63) is 0 Å². The molecule has 0 spiro atoms. The van der Waals surface area contributed by atoms with Crippen molar-refractivity contribution in [2.75, 3.05) is 0 Å². The highest BCUT2D eigenvalue weighted by Gasteiger charge is 2.26. The fraction of sp³-hybridized carbons (Fsp3) is 0.857. The SMILES string of the molecule is CC(N)(CCCCBO)C(=O)O. The molecule has 0 rings (SSSR count). The highest BCUT2D eigenvalue weighted by molar-refractivity contribution is 6.25. The Morgan fingerprint density at radius 3 is 2.58 bits per heavy atom. The third-order valence-corrected chi connectivity index (χ3v) is 1.84. The number of carbonyl (C=O) groups is 1. The lowest BCUT2D eigenvalue weighted by molar-refractivity contribution is -0.142. The zero-order valence-corrected chi connectivity index (χ0v) is 7.42. The maximum Gasteiger partial charge on any atom is 0.323 e. The van der Waals surface area contributed by atoms with Crippen LogP contribution in [0.5, 0.6) is 0 Å². The summed E-state index contributed by atoms with van der Waals surface area (Å²) in [6.45, 7) is 1.51. The van der Waals surface area contributed by atoms with Gasteiger partial charge in [0.1, 0.15) is 5.54 Å². The van der Waals surface area contributed by atoms with E-state index < -0.39 is 11.5 Å². The molecule has 0 bridgehead atoms. The molecule has 1 unspecified atom stereocenters. The van der Waals surface area contributed by atoms with E-state index in [1.807, 2.05) is 0 Å². The molecule has 1 atom stereocenters. The van der Waals surface area contributed by atoms with E-state index in [0.29, 0.717) is 6.42 Å². The van der Waals surface area contributed by atoms with Crippen molar-refractivity contribution in [1.82, 2.24) is 0 Å². The number of aliphatic carboxylic acids is 1. The number of hydrogen-bond donors (Lipinski definition) is 3. The molecule has 0 aromatic carbocycles. The largest absolute Gasteiger partial charge is 0.480 e. The molecule has 0 saturated heterocycles. The van der Waals surface area contributed by atoms with E-state index >= 15 is 0 Å². The van der Waals surface area contributed by atoms with E-state index in [0.717, 1.165) is 19.2 Å². The first kappa shape index (κ1) is 11.5. The molecule has 4 N–H and O–H groups in total. The number of carboxylic acids is 1. The quantitative estimate of drug-likeness (QED) is 0.381. The van der Waals surface area contributed by atoms with Crippen LogP contribution in [0.15, 0.2) is 0 Å². The molecule has 0 saturated carbocycles. The van der Waals surface area contributed by atoms with Crippen LogP contribution in [0, 0.1) is 0 Å². The van der Waals surface area contributed by atoms with Crippen molar-refractivity contribution < 1.29 is 14.9 Å². The van der Waals surface area contributed by atoms with E-state index in [1.54, 1.807) is 0 Å². The molecule has 0 aliphatic rings. The van der Waals surface area contributed by atoms with Gasteiger partial charge in [-0.15, -0.1) is 0 Å². The Balaban J connectivity index is 3.54. The van der Waals surface area contributed by atoms with Crippen molar-refractivity contribution in [2.24, 2.45) is 5.73 Å². The van der Waals surface area contributed by atoms with Crippen LogP contribution in [0.4, 0.5) is 0 Å². The van der Waals surface area contributed by atoms with Gasteiger partial charge in [0, 0.05) is 0 Å². The number of hydrogen-bond acceptors (Lipinski definition) is 3. The minimum Gasteiger partial charge on any atom is -0.480 e. The fourth-order valence-electron chi connectivity index (χ4n) is 0.888. The van der Waals surface area contributed by atoms with Crippen LogP contribution in [-0.4, -0.2) is 29.1 Å². The van der Waals surface area contributed by atoms with Crippen molar-refractivity contribution in [3.63, 3.8) is 0 Å². The van der Waals surface area contributed by atoms with E-state index in [1.165, 1.54) is 6.92 Å². The molecule has 5 heteroatoms. The minimum atomic E-state index is -1.12. The van der Waals surface area contributed by atoms with Gasteiger partial charge in [-0.1, -0.05) is 19.2 Å². The normalized spacial score (nSPS) is 15.2. The molecule has 0 aliphatic carbocycles. The van der Waals surface area contributed by atoms with Gasteiger partial charge in [-0.25, -0.2) is 0 Å². The van der Waals surface area contributed by atoms with E-state index in [4.69, 9.17) is 15.9 Å². The zero-order chi connectivity index (χ0) is 9.61. The number of nitrogens with two attached hydrogens (primary N) is 1. The molecule has 0 aliphatic heterocycles. The lowest BCUT2D eigenvalue weighted by atomic mass is 9.89. The lowest BCUT2D eigenvalue weighted by Crippen LogP contribution is -2.44. The van der Waals surface area contributed by atoms with Gasteiger partial charge >= 0.3 is 5.97 Å². The van der Waals surface area contributed by atoms with Crippen LogP contribution in [0.2, 0.25) is 6.32 Å². The number of rotatable bonds is 6. The van der Waals surface area contributed by atoms with Crippen LogP contribution in [0.25, 0.3) is 0 Å². The van der Waals surface area contributed by atoms with Gasteiger partial charge in [-0.05, 0) is 13.3 Å². The summed E-state index contributed by atoms with van der Waals surface area (Å²) < 4.78 is 0. The van der Waals surface area contributed by atoms with Gasteiger partial charge in [0.15, 0.2) is 0 Å². The Hall–Kier alpha value is -0.545. The van der Waals surface area contributed by atoms with Crippen LogP contribution < -0.4 is 5.73 Å². The third-order valence-electron chi connectivity index (χ3n) is 1.84. The summed E-state index contributed by atoms with van der Waals surface area (Å²) in [5.74, 6) is -0.966. The molecule has 0 aromatic rings. The van der Waals surface area contributed by atoms with Gasteiger partial charge < -0.3 is 15.9 Å². The molecule has 4 nitrogen and oxygen atoms in total. The van der Waals surface area contributed by atoms with Gasteiger partial charge in [0.05, 0.1) is 0 Å². The van der Waals surface area contributed by atoms with E-state index in [9.17, 15) is 4.79 Å². The molecule has 70 valence electrons. The monoisotopic (exact) mass is 173 g/mol. The summed E-state index contributed by atoms with van der Waals surface area (Å²) in [4.78, 5) is 10.5. The van der Waals surface area contributed by atoms with Crippen LogP contribution in [0.1, 0.15) is 26.2 Å². The summed E-state index contributed by atoms with van der Waals surface area (Å²) >= 11 is 0. The van der Waals surface area contributed by atoms with Crippen LogP contribution in [0.3, 0.4) is 0 Å². The van der Waals surface area contributed by atoms with Gasteiger partial charge in [-0.2, -0.15) is 0 Å². The topological polar surface area (TPSA) is 83.5 Å². The van der Waals surface area contributed by atoms with Crippen molar-refractivity contribution in [2.45, 2.75) is 38.0 Å². The average Bonchev–Trinajstić information content (AvgIpc) is 1.98. The second-order valence-electron chi connectivity index (χ2n) is 3.26. The molecule has 0 amide bonds. The molecular weight excluding hydrogens is 157 g/mol. The second kappa shape index (κ2) is 5.16. The second-order valence-corrected chi connectivity index (χ2v) is 3.26. The Labute approximate surface area is 73.0 Å². The maximum atomic E-state index is 10.5. The zero-order valence-electron chi connectivity index (χ0n) is 7.42. The summed E-state index contributed by atoms with van der Waals surface area (Å²) in [5, 5.41) is 17.1. The molecule has 0 radical (unpaired) electrons. The Kier molecular flexibility index (Phi) is 4.93. The fourth-order valence-corrected chi connectivity index (χ4v) is 0.888. The average molecular weight is 173 g/mol. The summed E-state index contributed by atoms with van der Waals surface area (Å²) in [7, 11) is 0.161. The first-order valence-electron chi connectivity index (χ1n) is 4.14. The van der Waals surface area contributed by atoms with Gasteiger partial charge in [0.25, 0.3) is 7.48 Å². The predicted molar refractivity (Wildman–Crippen MR) is 48.3 cm³/mol. The highest BCUT2D eigenvalue weighted by Crippen LogP contribution is 2.11. The van der Waals surface area contributed by atoms with E-state index in [2.05, 4.69) is 0 Å². The lowest BCUT2D eigenvalue weighted by Gasteiger charge is -2.18. The molecule has 0 fully saturated rings. The number of carboxylic acid groups (broad SMARTS) is 1. The molecule has 0 heterocycles. The minimum absolute atomic E-state index is 0.161. The van der Waals surface area contributed by atoms with Crippen molar-refractivity contribution >= 4 is 13.5 Å². The predicted octanol–water partition coefficient (Wildman–Crippen LogP) is -0.279.